The molecule has 2 aromatic heterocycles. The molecule has 162 valence electrons. The lowest BCUT2D eigenvalue weighted by atomic mass is 10.2. The minimum Gasteiger partial charge on any atom is -0.324 e. The van der Waals surface area contributed by atoms with Gasteiger partial charge >= 0.3 is 0 Å². The molecule has 11 heteroatoms. The van der Waals surface area contributed by atoms with Crippen molar-refractivity contribution in [3.63, 3.8) is 0 Å². The number of para-hydroxylation sites is 2. The highest BCUT2D eigenvalue weighted by Gasteiger charge is 2.19. The highest BCUT2D eigenvalue weighted by Crippen LogP contribution is 2.30. The van der Waals surface area contributed by atoms with E-state index in [9.17, 15) is 19.7 Å². The molecule has 0 aliphatic rings. The molecule has 2 heterocycles. The highest BCUT2D eigenvalue weighted by molar-refractivity contribution is 7.17. The van der Waals surface area contributed by atoms with Crippen LogP contribution in [0.3, 0.4) is 0 Å². The van der Waals surface area contributed by atoms with Gasteiger partial charge < -0.3 is 4.57 Å². The molecule has 0 fully saturated rings. The SMILES string of the molecule is CCn1c(-c2ccc(C(=O)NNC(=O)c3ccc(Cl)c([N+](=O)[O-])c3)s2)nc2ccccc21. The van der Waals surface area contributed by atoms with Crippen LogP contribution >= 0.6 is 22.9 Å². The standard InChI is InChI=1S/C21H16ClN5O4S/c1-2-26-15-6-4-3-5-14(15)23-19(26)17-9-10-18(32-17)21(29)25-24-20(28)12-7-8-13(22)16(11-12)27(30)31/h3-11H,2H2,1H3,(H,24,28)(H,25,29). The van der Waals surface area contributed by atoms with Crippen LogP contribution < -0.4 is 10.9 Å². The Labute approximate surface area is 190 Å². The zero-order valence-corrected chi connectivity index (χ0v) is 18.2. The summed E-state index contributed by atoms with van der Waals surface area (Å²) in [7, 11) is 0. The molecular weight excluding hydrogens is 454 g/mol. The van der Waals surface area contributed by atoms with E-state index in [-0.39, 0.29) is 10.6 Å². The van der Waals surface area contributed by atoms with Gasteiger partial charge in [-0.25, -0.2) is 4.98 Å². The summed E-state index contributed by atoms with van der Waals surface area (Å²) in [4.78, 5) is 40.9. The second-order valence-electron chi connectivity index (χ2n) is 6.66. The Bertz CT molecular complexity index is 1360. The molecule has 4 rings (SSSR count). The number of hydrazine groups is 1. The summed E-state index contributed by atoms with van der Waals surface area (Å²) < 4.78 is 2.07. The first-order valence-electron chi connectivity index (χ1n) is 9.49. The van der Waals surface area contributed by atoms with E-state index in [4.69, 9.17) is 11.6 Å². The first kappa shape index (κ1) is 21.5. The average molecular weight is 470 g/mol. The molecule has 2 aromatic carbocycles. The van der Waals surface area contributed by atoms with Crippen molar-refractivity contribution in [3.8, 4) is 10.7 Å². The number of hydrogen-bond donors (Lipinski definition) is 2. The van der Waals surface area contributed by atoms with E-state index in [2.05, 4.69) is 20.4 Å². The highest BCUT2D eigenvalue weighted by atomic mass is 35.5. The number of nitro groups is 1. The van der Waals surface area contributed by atoms with Gasteiger partial charge in [0.2, 0.25) is 0 Å². The fourth-order valence-corrected chi connectivity index (χ4v) is 4.29. The summed E-state index contributed by atoms with van der Waals surface area (Å²) in [6.07, 6.45) is 0. The summed E-state index contributed by atoms with van der Waals surface area (Å²) in [5.74, 6) is -0.463. The van der Waals surface area contributed by atoms with Crippen LogP contribution in [0.25, 0.3) is 21.7 Å². The monoisotopic (exact) mass is 469 g/mol. The number of benzene rings is 2. The smallest absolute Gasteiger partial charge is 0.288 e. The minimum atomic E-state index is -0.706. The largest absolute Gasteiger partial charge is 0.324 e. The van der Waals surface area contributed by atoms with Crippen molar-refractivity contribution >= 4 is 51.5 Å². The number of nitrogens with zero attached hydrogens (tertiary/aromatic N) is 3. The lowest BCUT2D eigenvalue weighted by Gasteiger charge is -2.07. The Morgan fingerprint density at radius 1 is 1.12 bits per heavy atom. The number of rotatable bonds is 5. The lowest BCUT2D eigenvalue weighted by molar-refractivity contribution is -0.384. The van der Waals surface area contributed by atoms with Crippen LogP contribution in [-0.2, 0) is 6.54 Å². The summed E-state index contributed by atoms with van der Waals surface area (Å²) in [6, 6.07) is 14.9. The molecule has 0 saturated carbocycles. The first-order chi connectivity index (χ1) is 15.4. The number of carbonyl (C=O) groups excluding carboxylic acids is 2. The number of fused-ring (bicyclic) bond motifs is 1. The number of carbonyl (C=O) groups is 2. The Kier molecular flexibility index (Phi) is 5.89. The van der Waals surface area contributed by atoms with Crippen molar-refractivity contribution in [1.29, 1.82) is 0 Å². The number of nitro benzene ring substituents is 1. The molecule has 0 unspecified atom stereocenters. The van der Waals surface area contributed by atoms with Gasteiger partial charge in [0.15, 0.2) is 5.82 Å². The number of nitrogens with one attached hydrogen (secondary N) is 2. The minimum absolute atomic E-state index is 0.00932. The zero-order chi connectivity index (χ0) is 22.8. The van der Waals surface area contributed by atoms with E-state index in [1.807, 2.05) is 31.2 Å². The number of amides is 2. The summed E-state index contributed by atoms with van der Waals surface area (Å²) >= 11 is 7.00. The first-order valence-corrected chi connectivity index (χ1v) is 10.7. The number of aryl methyl sites for hydroxylation is 1. The maximum Gasteiger partial charge on any atom is 0.288 e. The predicted octanol–water partition coefficient (Wildman–Crippen LogP) is 4.42. The van der Waals surface area contributed by atoms with Gasteiger partial charge in [0, 0.05) is 18.2 Å². The van der Waals surface area contributed by atoms with Gasteiger partial charge in [-0.2, -0.15) is 0 Å². The molecule has 32 heavy (non-hydrogen) atoms. The molecule has 0 radical (unpaired) electrons. The molecule has 2 amide bonds. The number of thiophene rings is 1. The predicted molar refractivity (Wildman–Crippen MR) is 122 cm³/mol. The van der Waals surface area contributed by atoms with Crippen molar-refractivity contribution < 1.29 is 14.5 Å². The third-order valence-electron chi connectivity index (χ3n) is 4.72. The Morgan fingerprint density at radius 2 is 1.88 bits per heavy atom. The molecule has 9 nitrogen and oxygen atoms in total. The molecule has 0 spiro atoms. The maximum atomic E-state index is 12.5. The van der Waals surface area contributed by atoms with Crippen LogP contribution in [0.15, 0.2) is 54.6 Å². The second kappa shape index (κ2) is 8.77. The molecule has 0 bridgehead atoms. The van der Waals surface area contributed by atoms with E-state index in [1.54, 1.807) is 12.1 Å². The van der Waals surface area contributed by atoms with E-state index < -0.39 is 22.4 Å². The molecule has 0 aliphatic carbocycles. The van der Waals surface area contributed by atoms with Crippen molar-refractivity contribution in [2.24, 2.45) is 0 Å². The fourth-order valence-electron chi connectivity index (χ4n) is 3.20. The van der Waals surface area contributed by atoms with E-state index in [0.29, 0.717) is 4.88 Å². The number of imidazole rings is 1. The molecule has 0 aliphatic heterocycles. The van der Waals surface area contributed by atoms with Crippen molar-refractivity contribution in [3.05, 3.63) is 80.2 Å². The lowest BCUT2D eigenvalue weighted by Crippen LogP contribution is -2.41. The van der Waals surface area contributed by atoms with E-state index in [1.165, 1.54) is 23.5 Å². The van der Waals surface area contributed by atoms with Crippen LogP contribution in [0.2, 0.25) is 5.02 Å². The molecule has 2 N–H and O–H groups in total. The van der Waals surface area contributed by atoms with Gasteiger partial charge in [-0.1, -0.05) is 23.7 Å². The summed E-state index contributed by atoms with van der Waals surface area (Å²) in [5.41, 5.74) is 6.05. The van der Waals surface area contributed by atoms with Gasteiger partial charge in [0.1, 0.15) is 5.02 Å². The molecule has 0 atom stereocenters. The number of halogens is 1. The van der Waals surface area contributed by atoms with E-state index in [0.717, 1.165) is 34.3 Å². The fraction of sp³-hybridized carbons (Fsp3) is 0.0952. The van der Waals surface area contributed by atoms with Gasteiger partial charge in [0.05, 0.1) is 25.7 Å². The Morgan fingerprint density at radius 3 is 2.62 bits per heavy atom. The van der Waals surface area contributed by atoms with Crippen LogP contribution in [0.4, 0.5) is 5.69 Å². The van der Waals surface area contributed by atoms with Crippen LogP contribution in [0.5, 0.6) is 0 Å². The average Bonchev–Trinajstić information content (AvgIpc) is 3.42. The number of aromatic nitrogens is 2. The van der Waals surface area contributed by atoms with Gasteiger partial charge in [-0.15, -0.1) is 11.3 Å². The Hall–Kier alpha value is -3.76. The van der Waals surface area contributed by atoms with Crippen LogP contribution in [-0.4, -0.2) is 26.3 Å². The van der Waals surface area contributed by atoms with Crippen LogP contribution in [0, 0.1) is 10.1 Å². The molecule has 0 saturated heterocycles. The zero-order valence-electron chi connectivity index (χ0n) is 16.7. The van der Waals surface area contributed by atoms with Gasteiger partial charge in [0.25, 0.3) is 17.5 Å². The van der Waals surface area contributed by atoms with Gasteiger partial charge in [-0.05, 0) is 43.3 Å². The van der Waals surface area contributed by atoms with Gasteiger partial charge in [-0.3, -0.25) is 30.6 Å². The molecule has 4 aromatic rings. The van der Waals surface area contributed by atoms with Crippen LogP contribution in [0.1, 0.15) is 27.0 Å². The van der Waals surface area contributed by atoms with Crippen molar-refractivity contribution in [1.82, 2.24) is 20.4 Å². The molecular formula is C21H16ClN5O4S. The third-order valence-corrected chi connectivity index (χ3v) is 6.12. The Balaban J connectivity index is 1.49. The maximum absolute atomic E-state index is 12.5. The topological polar surface area (TPSA) is 119 Å². The van der Waals surface area contributed by atoms with Crippen molar-refractivity contribution in [2.75, 3.05) is 0 Å². The summed E-state index contributed by atoms with van der Waals surface area (Å²) in [6.45, 7) is 2.74. The second-order valence-corrected chi connectivity index (χ2v) is 8.15. The third kappa shape index (κ3) is 4.05. The van der Waals surface area contributed by atoms with Crippen molar-refractivity contribution in [2.45, 2.75) is 13.5 Å². The summed E-state index contributed by atoms with van der Waals surface area (Å²) in [5, 5.41) is 10.9. The normalized spacial score (nSPS) is 10.8. The van der Waals surface area contributed by atoms with E-state index >= 15 is 0 Å². The quantitative estimate of drug-likeness (QED) is 0.331. The number of hydrogen-bond acceptors (Lipinski definition) is 6.